The van der Waals surface area contributed by atoms with Gasteiger partial charge in [-0.1, -0.05) is 19.3 Å². The summed E-state index contributed by atoms with van der Waals surface area (Å²) in [6, 6.07) is -0.00713. The maximum atomic E-state index is 12.6. The molecule has 4 amide bonds. The first-order chi connectivity index (χ1) is 10.8. The Kier molecular flexibility index (Phi) is 5.38. The number of imide groups is 1. The smallest absolute Gasteiger partial charge is 0.240 e. The van der Waals surface area contributed by atoms with Gasteiger partial charge in [-0.3, -0.25) is 24.1 Å². The Balaban J connectivity index is 1.87. The van der Waals surface area contributed by atoms with E-state index in [1.165, 1.54) is 0 Å². The number of likely N-dealkylation sites (tertiary alicyclic amines) is 1. The zero-order chi connectivity index (χ0) is 17.0. The highest BCUT2D eigenvalue weighted by Gasteiger charge is 2.51. The zero-order valence-corrected chi connectivity index (χ0v) is 13.8. The van der Waals surface area contributed by atoms with Crippen LogP contribution in [0.15, 0.2) is 0 Å². The zero-order valence-electron chi connectivity index (χ0n) is 13.8. The van der Waals surface area contributed by atoms with Crippen molar-refractivity contribution < 1.29 is 19.2 Å². The fourth-order valence-electron chi connectivity index (χ4n) is 3.39. The first-order valence-electron chi connectivity index (χ1n) is 8.25. The van der Waals surface area contributed by atoms with E-state index in [2.05, 4.69) is 10.6 Å². The van der Waals surface area contributed by atoms with Crippen molar-refractivity contribution in [3.63, 3.8) is 0 Å². The molecule has 7 nitrogen and oxygen atoms in total. The molecule has 0 radical (unpaired) electrons. The minimum atomic E-state index is -0.579. The van der Waals surface area contributed by atoms with Gasteiger partial charge in [-0.15, -0.1) is 0 Å². The molecular formula is C16H25N3O4. The van der Waals surface area contributed by atoms with Crippen LogP contribution in [0, 0.1) is 5.41 Å². The van der Waals surface area contributed by atoms with E-state index < -0.39 is 11.3 Å². The molecule has 0 unspecified atom stereocenters. The number of carbonyl (C=O) groups is 4. The van der Waals surface area contributed by atoms with Crippen molar-refractivity contribution in [2.75, 3.05) is 13.1 Å². The summed E-state index contributed by atoms with van der Waals surface area (Å²) in [6.45, 7) is 3.20. The Hall–Kier alpha value is -1.92. The highest BCUT2D eigenvalue weighted by Crippen LogP contribution is 2.45. The third kappa shape index (κ3) is 4.09. The molecule has 2 fully saturated rings. The average Bonchev–Trinajstić information content (AvgIpc) is 2.70. The van der Waals surface area contributed by atoms with Crippen LogP contribution >= 0.6 is 0 Å². The highest BCUT2D eigenvalue weighted by molar-refractivity contribution is 6.08. The van der Waals surface area contributed by atoms with Gasteiger partial charge in [0.15, 0.2) is 0 Å². The molecule has 1 saturated carbocycles. The molecule has 2 N–H and O–H groups in total. The fourth-order valence-corrected chi connectivity index (χ4v) is 3.39. The van der Waals surface area contributed by atoms with Crippen molar-refractivity contribution >= 4 is 23.6 Å². The molecule has 0 aromatic heterocycles. The number of amides is 4. The van der Waals surface area contributed by atoms with Gasteiger partial charge in [0, 0.05) is 12.5 Å². The van der Waals surface area contributed by atoms with Crippen LogP contribution in [0.1, 0.15) is 52.4 Å². The van der Waals surface area contributed by atoms with Crippen molar-refractivity contribution in [2.24, 2.45) is 5.41 Å². The van der Waals surface area contributed by atoms with Gasteiger partial charge in [-0.2, -0.15) is 0 Å². The summed E-state index contributed by atoms with van der Waals surface area (Å²) >= 11 is 0. The summed E-state index contributed by atoms with van der Waals surface area (Å²) in [5, 5.41) is 5.10. The van der Waals surface area contributed by atoms with Gasteiger partial charge < -0.3 is 10.6 Å². The number of hydrogen-bond acceptors (Lipinski definition) is 4. The van der Waals surface area contributed by atoms with Crippen molar-refractivity contribution in [3.05, 3.63) is 0 Å². The van der Waals surface area contributed by atoms with Gasteiger partial charge in [0.1, 0.15) is 6.54 Å². The van der Waals surface area contributed by atoms with Gasteiger partial charge in [0.05, 0.1) is 12.0 Å². The molecule has 0 aromatic rings. The van der Waals surface area contributed by atoms with E-state index in [0.29, 0.717) is 0 Å². The third-order valence-electron chi connectivity index (χ3n) is 4.50. The third-order valence-corrected chi connectivity index (χ3v) is 4.50. The standard InChI is InChI=1S/C16H25N3O4/c1-11(2)18-12(20)9-17-13(21)10-19-14(22)8-16(15(19)23)6-4-3-5-7-16/h11H,3-10H2,1-2H3,(H,17,21)(H,18,20). The summed E-state index contributed by atoms with van der Waals surface area (Å²) in [5.41, 5.74) is -0.579. The van der Waals surface area contributed by atoms with Gasteiger partial charge in [-0.05, 0) is 26.7 Å². The number of nitrogens with one attached hydrogen (secondary N) is 2. The van der Waals surface area contributed by atoms with Gasteiger partial charge >= 0.3 is 0 Å². The van der Waals surface area contributed by atoms with Crippen LogP contribution in [-0.4, -0.2) is 47.7 Å². The Morgan fingerprint density at radius 3 is 2.39 bits per heavy atom. The second-order valence-electron chi connectivity index (χ2n) is 6.80. The highest BCUT2D eigenvalue weighted by atomic mass is 16.2. The lowest BCUT2D eigenvalue weighted by molar-refractivity contribution is -0.145. The second-order valence-corrected chi connectivity index (χ2v) is 6.80. The molecule has 1 heterocycles. The van der Waals surface area contributed by atoms with Crippen molar-refractivity contribution in [2.45, 2.75) is 58.4 Å². The normalized spacial score (nSPS) is 20.2. The molecule has 7 heteroatoms. The van der Waals surface area contributed by atoms with Crippen molar-refractivity contribution in [1.82, 2.24) is 15.5 Å². The first kappa shape index (κ1) is 17.4. The maximum Gasteiger partial charge on any atom is 0.240 e. The molecule has 1 aliphatic carbocycles. The Morgan fingerprint density at radius 2 is 1.78 bits per heavy atom. The van der Waals surface area contributed by atoms with Crippen LogP contribution in [0.3, 0.4) is 0 Å². The monoisotopic (exact) mass is 323 g/mol. The molecule has 2 rings (SSSR count). The number of hydrogen-bond donors (Lipinski definition) is 2. The van der Waals surface area contributed by atoms with Crippen LogP contribution in [0.5, 0.6) is 0 Å². The molecule has 0 bridgehead atoms. The Labute approximate surface area is 136 Å². The molecule has 2 aliphatic rings. The van der Waals surface area contributed by atoms with Crippen molar-refractivity contribution in [3.8, 4) is 0 Å². The maximum absolute atomic E-state index is 12.6. The Morgan fingerprint density at radius 1 is 1.13 bits per heavy atom. The minimum Gasteiger partial charge on any atom is -0.352 e. The molecular weight excluding hydrogens is 298 g/mol. The summed E-state index contributed by atoms with van der Waals surface area (Å²) in [4.78, 5) is 49.1. The van der Waals surface area contributed by atoms with Gasteiger partial charge in [0.25, 0.3) is 0 Å². The van der Waals surface area contributed by atoms with Crippen LogP contribution in [0.2, 0.25) is 0 Å². The summed E-state index contributed by atoms with van der Waals surface area (Å²) < 4.78 is 0. The topological polar surface area (TPSA) is 95.6 Å². The van der Waals surface area contributed by atoms with Gasteiger partial charge in [0.2, 0.25) is 23.6 Å². The molecule has 0 aromatic carbocycles. The predicted molar refractivity (Wildman–Crippen MR) is 83.1 cm³/mol. The molecule has 1 spiro atoms. The number of carbonyl (C=O) groups excluding carboxylic acids is 4. The van der Waals surface area contributed by atoms with E-state index in [9.17, 15) is 19.2 Å². The Bertz CT molecular complexity index is 509. The average molecular weight is 323 g/mol. The van der Waals surface area contributed by atoms with Crippen LogP contribution < -0.4 is 10.6 Å². The van der Waals surface area contributed by atoms with E-state index in [1.807, 2.05) is 13.8 Å². The largest absolute Gasteiger partial charge is 0.352 e. The molecule has 128 valence electrons. The predicted octanol–water partition coefficient (Wildman–Crippen LogP) is 0.337. The SMILES string of the molecule is CC(C)NC(=O)CNC(=O)CN1C(=O)CC2(CCCCC2)C1=O. The second kappa shape index (κ2) is 7.10. The number of nitrogens with zero attached hydrogens (tertiary/aromatic N) is 1. The lowest BCUT2D eigenvalue weighted by atomic mass is 9.73. The molecule has 1 aliphatic heterocycles. The van der Waals surface area contributed by atoms with E-state index in [4.69, 9.17) is 0 Å². The summed E-state index contributed by atoms with van der Waals surface area (Å²) in [7, 11) is 0. The quantitative estimate of drug-likeness (QED) is 0.713. The fraction of sp³-hybridized carbons (Fsp3) is 0.750. The number of rotatable bonds is 5. The lowest BCUT2D eigenvalue weighted by Gasteiger charge is -2.30. The summed E-state index contributed by atoms with van der Waals surface area (Å²) in [6.07, 6.45) is 4.67. The summed E-state index contributed by atoms with van der Waals surface area (Å²) in [5.74, 6) is -1.28. The lowest BCUT2D eigenvalue weighted by Crippen LogP contribution is -2.46. The van der Waals surface area contributed by atoms with Crippen LogP contribution in [-0.2, 0) is 19.2 Å². The molecule has 0 atom stereocenters. The van der Waals surface area contributed by atoms with Crippen molar-refractivity contribution in [1.29, 1.82) is 0 Å². The van der Waals surface area contributed by atoms with E-state index in [1.54, 1.807) is 0 Å². The van der Waals surface area contributed by atoms with E-state index in [0.717, 1.165) is 37.0 Å². The van der Waals surface area contributed by atoms with Gasteiger partial charge in [-0.25, -0.2) is 0 Å². The molecule has 1 saturated heterocycles. The van der Waals surface area contributed by atoms with Crippen LogP contribution in [0.25, 0.3) is 0 Å². The van der Waals surface area contributed by atoms with Crippen LogP contribution in [0.4, 0.5) is 0 Å². The molecule has 23 heavy (non-hydrogen) atoms. The van der Waals surface area contributed by atoms with E-state index >= 15 is 0 Å². The minimum absolute atomic E-state index is 0.00713. The van der Waals surface area contributed by atoms with E-state index in [-0.39, 0.29) is 43.3 Å². The first-order valence-corrected chi connectivity index (χ1v) is 8.25.